The Bertz CT molecular complexity index is 856. The van der Waals surface area contributed by atoms with Gasteiger partial charge >= 0.3 is 0 Å². The highest BCUT2D eigenvalue weighted by atomic mass is 32.1. The molecule has 0 bridgehead atoms. The van der Waals surface area contributed by atoms with Crippen LogP contribution in [0.1, 0.15) is 6.92 Å². The SMILES string of the molecule is CCOc1ccc(Nc2nc(-c3ccc(N4CCOCC4)cc3)cs2)cc1. The summed E-state index contributed by atoms with van der Waals surface area (Å²) in [6.45, 7) is 6.16. The van der Waals surface area contributed by atoms with Crippen molar-refractivity contribution in [3.8, 4) is 17.0 Å². The molecule has 5 nitrogen and oxygen atoms in total. The lowest BCUT2D eigenvalue weighted by Crippen LogP contribution is -2.36. The number of ether oxygens (including phenoxy) is 2. The second-order valence-electron chi connectivity index (χ2n) is 6.27. The van der Waals surface area contributed by atoms with E-state index < -0.39 is 0 Å². The van der Waals surface area contributed by atoms with Crippen molar-refractivity contribution < 1.29 is 9.47 Å². The van der Waals surface area contributed by atoms with Crippen LogP contribution in [0, 0.1) is 0 Å². The predicted molar refractivity (Wildman–Crippen MR) is 111 cm³/mol. The molecule has 140 valence electrons. The molecule has 1 aliphatic rings. The van der Waals surface area contributed by atoms with E-state index in [-0.39, 0.29) is 0 Å². The van der Waals surface area contributed by atoms with Gasteiger partial charge in [0.25, 0.3) is 0 Å². The van der Waals surface area contributed by atoms with Crippen molar-refractivity contribution in [1.29, 1.82) is 0 Å². The van der Waals surface area contributed by atoms with Crippen LogP contribution in [0.2, 0.25) is 0 Å². The lowest BCUT2D eigenvalue weighted by Gasteiger charge is -2.28. The molecular formula is C21H23N3O2S. The highest BCUT2D eigenvalue weighted by Crippen LogP contribution is 2.29. The van der Waals surface area contributed by atoms with Gasteiger partial charge in [0, 0.05) is 35.4 Å². The first-order chi connectivity index (χ1) is 13.3. The number of anilines is 3. The van der Waals surface area contributed by atoms with Gasteiger partial charge in [0.2, 0.25) is 0 Å². The van der Waals surface area contributed by atoms with Crippen LogP contribution in [0.15, 0.2) is 53.9 Å². The Balaban J connectivity index is 1.42. The molecule has 2 heterocycles. The van der Waals surface area contributed by atoms with Crippen LogP contribution in [0.25, 0.3) is 11.3 Å². The van der Waals surface area contributed by atoms with Crippen LogP contribution in [0.5, 0.6) is 5.75 Å². The first kappa shape index (κ1) is 17.8. The molecule has 27 heavy (non-hydrogen) atoms. The second-order valence-corrected chi connectivity index (χ2v) is 7.12. The molecule has 0 aliphatic carbocycles. The van der Waals surface area contributed by atoms with Crippen LogP contribution < -0.4 is 15.0 Å². The minimum absolute atomic E-state index is 0.674. The summed E-state index contributed by atoms with van der Waals surface area (Å²) in [7, 11) is 0. The third kappa shape index (κ3) is 4.40. The van der Waals surface area contributed by atoms with Gasteiger partial charge in [-0.3, -0.25) is 0 Å². The summed E-state index contributed by atoms with van der Waals surface area (Å²) in [5.41, 5.74) is 4.36. The number of hydrogen-bond donors (Lipinski definition) is 1. The fraction of sp³-hybridized carbons (Fsp3) is 0.286. The van der Waals surface area contributed by atoms with Gasteiger partial charge in [0.15, 0.2) is 5.13 Å². The molecule has 1 aliphatic heterocycles. The van der Waals surface area contributed by atoms with E-state index in [2.05, 4.69) is 39.9 Å². The maximum atomic E-state index is 5.48. The summed E-state index contributed by atoms with van der Waals surface area (Å²) in [4.78, 5) is 7.07. The minimum Gasteiger partial charge on any atom is -0.494 e. The lowest BCUT2D eigenvalue weighted by atomic mass is 10.1. The monoisotopic (exact) mass is 381 g/mol. The normalized spacial score (nSPS) is 14.2. The Hall–Kier alpha value is -2.57. The quantitative estimate of drug-likeness (QED) is 0.665. The fourth-order valence-electron chi connectivity index (χ4n) is 3.05. The van der Waals surface area contributed by atoms with Crippen LogP contribution in [-0.2, 0) is 4.74 Å². The maximum Gasteiger partial charge on any atom is 0.187 e. The molecule has 0 radical (unpaired) electrons. The van der Waals surface area contributed by atoms with E-state index in [4.69, 9.17) is 14.5 Å². The standard InChI is InChI=1S/C21H23N3O2S/c1-2-26-19-9-5-17(6-10-19)22-21-23-20(15-27-21)16-3-7-18(8-4-16)24-11-13-25-14-12-24/h3-10,15H,2,11-14H2,1H3,(H,22,23). The minimum atomic E-state index is 0.674. The first-order valence-corrected chi connectivity index (χ1v) is 10.1. The molecule has 0 saturated carbocycles. The van der Waals surface area contributed by atoms with Gasteiger partial charge in [-0.1, -0.05) is 12.1 Å². The first-order valence-electron chi connectivity index (χ1n) is 9.20. The zero-order chi connectivity index (χ0) is 18.5. The number of nitrogens with zero attached hydrogens (tertiary/aromatic N) is 2. The average Bonchev–Trinajstić information content (AvgIpc) is 3.19. The van der Waals surface area contributed by atoms with Gasteiger partial charge in [-0.05, 0) is 43.3 Å². The van der Waals surface area contributed by atoms with E-state index in [0.29, 0.717) is 6.61 Å². The molecule has 0 amide bonds. The van der Waals surface area contributed by atoms with Gasteiger partial charge in [0.1, 0.15) is 5.75 Å². The Labute approximate surface area is 163 Å². The Kier molecular flexibility index (Phi) is 5.55. The highest BCUT2D eigenvalue weighted by molar-refractivity contribution is 7.14. The number of aromatic nitrogens is 1. The molecule has 1 aromatic heterocycles. The smallest absolute Gasteiger partial charge is 0.187 e. The third-order valence-electron chi connectivity index (χ3n) is 4.46. The molecule has 6 heteroatoms. The number of hydrogen-bond acceptors (Lipinski definition) is 6. The molecule has 1 N–H and O–H groups in total. The zero-order valence-electron chi connectivity index (χ0n) is 15.4. The number of rotatable bonds is 6. The maximum absolute atomic E-state index is 5.48. The predicted octanol–water partition coefficient (Wildman–Crippen LogP) is 4.79. The largest absolute Gasteiger partial charge is 0.494 e. The summed E-state index contributed by atoms with van der Waals surface area (Å²) in [6, 6.07) is 16.5. The zero-order valence-corrected chi connectivity index (χ0v) is 16.2. The number of thiazole rings is 1. The molecule has 1 saturated heterocycles. The van der Waals surface area contributed by atoms with E-state index in [9.17, 15) is 0 Å². The van der Waals surface area contributed by atoms with Gasteiger partial charge in [0.05, 0.1) is 25.5 Å². The molecule has 1 fully saturated rings. The van der Waals surface area contributed by atoms with Crippen molar-refractivity contribution in [3.63, 3.8) is 0 Å². The molecule has 0 spiro atoms. The summed E-state index contributed by atoms with van der Waals surface area (Å²) in [6.07, 6.45) is 0. The molecule has 2 aromatic carbocycles. The Morgan fingerprint density at radius 2 is 1.81 bits per heavy atom. The van der Waals surface area contributed by atoms with Crippen molar-refractivity contribution in [1.82, 2.24) is 4.98 Å². The number of morpholine rings is 1. The van der Waals surface area contributed by atoms with Gasteiger partial charge < -0.3 is 19.7 Å². The van der Waals surface area contributed by atoms with E-state index >= 15 is 0 Å². The molecule has 0 atom stereocenters. The van der Waals surface area contributed by atoms with Crippen molar-refractivity contribution >= 4 is 27.8 Å². The highest BCUT2D eigenvalue weighted by Gasteiger charge is 2.11. The second kappa shape index (κ2) is 8.41. The Morgan fingerprint density at radius 3 is 2.52 bits per heavy atom. The molecular weight excluding hydrogens is 358 g/mol. The van der Waals surface area contributed by atoms with E-state index in [1.165, 1.54) is 5.69 Å². The summed E-state index contributed by atoms with van der Waals surface area (Å²) in [5.74, 6) is 0.878. The lowest BCUT2D eigenvalue weighted by molar-refractivity contribution is 0.122. The van der Waals surface area contributed by atoms with Crippen molar-refractivity contribution in [2.45, 2.75) is 6.92 Å². The van der Waals surface area contributed by atoms with Crippen molar-refractivity contribution in [2.24, 2.45) is 0 Å². The topological polar surface area (TPSA) is 46.6 Å². The van der Waals surface area contributed by atoms with E-state index in [1.54, 1.807) is 11.3 Å². The van der Waals surface area contributed by atoms with Gasteiger partial charge in [-0.25, -0.2) is 4.98 Å². The average molecular weight is 382 g/mol. The number of nitrogens with one attached hydrogen (secondary N) is 1. The van der Waals surface area contributed by atoms with Crippen LogP contribution in [0.3, 0.4) is 0 Å². The summed E-state index contributed by atoms with van der Waals surface area (Å²) >= 11 is 1.61. The van der Waals surface area contributed by atoms with Crippen molar-refractivity contribution in [2.75, 3.05) is 43.1 Å². The fourth-order valence-corrected chi connectivity index (χ4v) is 3.79. The molecule has 3 aromatic rings. The molecule has 4 rings (SSSR count). The van der Waals surface area contributed by atoms with Gasteiger partial charge in [-0.15, -0.1) is 11.3 Å². The molecule has 0 unspecified atom stereocenters. The van der Waals surface area contributed by atoms with Crippen molar-refractivity contribution in [3.05, 3.63) is 53.9 Å². The summed E-state index contributed by atoms with van der Waals surface area (Å²) < 4.78 is 10.9. The number of benzene rings is 2. The van der Waals surface area contributed by atoms with Crippen LogP contribution in [0.4, 0.5) is 16.5 Å². The van der Waals surface area contributed by atoms with Gasteiger partial charge in [-0.2, -0.15) is 0 Å². The van der Waals surface area contributed by atoms with E-state index in [1.807, 2.05) is 31.2 Å². The summed E-state index contributed by atoms with van der Waals surface area (Å²) in [5, 5.41) is 6.32. The Morgan fingerprint density at radius 1 is 1.07 bits per heavy atom. The van der Waals surface area contributed by atoms with Crippen LogP contribution >= 0.6 is 11.3 Å². The van der Waals surface area contributed by atoms with E-state index in [0.717, 1.165) is 54.1 Å². The third-order valence-corrected chi connectivity index (χ3v) is 5.22. The van der Waals surface area contributed by atoms with Crippen LogP contribution in [-0.4, -0.2) is 37.9 Å².